The smallest absolute Gasteiger partial charge is 0.255 e. The third kappa shape index (κ3) is 3.92. The highest BCUT2D eigenvalue weighted by Gasteiger charge is 2.12. The van der Waals surface area contributed by atoms with E-state index in [2.05, 4.69) is 5.32 Å². The van der Waals surface area contributed by atoms with E-state index in [9.17, 15) is 4.79 Å². The van der Waals surface area contributed by atoms with Crippen LogP contribution in [0, 0.1) is 0 Å². The maximum atomic E-state index is 11.9. The normalized spacial score (nSPS) is 9.94. The zero-order valence-electron chi connectivity index (χ0n) is 10.9. The molecule has 0 saturated carbocycles. The van der Waals surface area contributed by atoms with E-state index in [4.69, 9.17) is 15.2 Å². The summed E-state index contributed by atoms with van der Waals surface area (Å²) in [6.45, 7) is 1.26. The molecule has 1 rings (SSSR count). The van der Waals surface area contributed by atoms with Crippen molar-refractivity contribution in [2.45, 2.75) is 12.8 Å². The average molecular weight is 252 g/mol. The maximum Gasteiger partial charge on any atom is 0.255 e. The van der Waals surface area contributed by atoms with Gasteiger partial charge in [0.2, 0.25) is 0 Å². The summed E-state index contributed by atoms with van der Waals surface area (Å²) in [5.41, 5.74) is 5.89. The molecule has 0 spiro atoms. The van der Waals surface area contributed by atoms with Gasteiger partial charge in [0.15, 0.2) is 0 Å². The molecule has 0 aliphatic rings. The second-order valence-corrected chi connectivity index (χ2v) is 3.82. The first-order chi connectivity index (χ1) is 8.72. The van der Waals surface area contributed by atoms with Gasteiger partial charge in [-0.1, -0.05) is 0 Å². The fourth-order valence-electron chi connectivity index (χ4n) is 1.55. The Balaban J connectivity index is 2.66. The number of amides is 1. The molecule has 0 atom stereocenters. The van der Waals surface area contributed by atoms with E-state index in [1.165, 1.54) is 7.11 Å². The van der Waals surface area contributed by atoms with Crippen LogP contribution in [0.25, 0.3) is 0 Å². The predicted octanol–water partition coefficient (Wildman–Crippen LogP) is 1.17. The van der Waals surface area contributed by atoms with Gasteiger partial charge in [0.05, 0.1) is 19.8 Å². The molecule has 0 aliphatic heterocycles. The second-order valence-electron chi connectivity index (χ2n) is 3.82. The maximum absolute atomic E-state index is 11.9. The molecule has 0 radical (unpaired) electrons. The Hall–Kier alpha value is -1.75. The third-order valence-electron chi connectivity index (χ3n) is 2.57. The summed E-state index contributed by atoms with van der Waals surface area (Å²) in [4.78, 5) is 11.9. The van der Waals surface area contributed by atoms with Crippen molar-refractivity contribution >= 4 is 5.91 Å². The molecule has 3 N–H and O–H groups in total. The van der Waals surface area contributed by atoms with E-state index in [0.717, 1.165) is 12.8 Å². The molecule has 0 bridgehead atoms. The van der Waals surface area contributed by atoms with Gasteiger partial charge in [0.25, 0.3) is 5.91 Å². The highest BCUT2D eigenvalue weighted by atomic mass is 16.5. The van der Waals surface area contributed by atoms with Crippen LogP contribution in [0.3, 0.4) is 0 Å². The first-order valence-corrected chi connectivity index (χ1v) is 5.93. The van der Waals surface area contributed by atoms with Crippen molar-refractivity contribution in [3.05, 3.63) is 23.8 Å². The van der Waals surface area contributed by atoms with Gasteiger partial charge in [-0.25, -0.2) is 0 Å². The van der Waals surface area contributed by atoms with Crippen LogP contribution in [-0.4, -0.2) is 33.2 Å². The molecule has 0 unspecified atom stereocenters. The molecule has 100 valence electrons. The molecule has 1 aromatic carbocycles. The van der Waals surface area contributed by atoms with E-state index >= 15 is 0 Å². The van der Waals surface area contributed by atoms with Gasteiger partial charge in [0.1, 0.15) is 11.5 Å². The molecule has 0 aliphatic carbocycles. The van der Waals surface area contributed by atoms with Gasteiger partial charge in [-0.3, -0.25) is 4.79 Å². The molecule has 18 heavy (non-hydrogen) atoms. The van der Waals surface area contributed by atoms with Gasteiger partial charge in [-0.05, 0) is 31.5 Å². The number of methoxy groups -OCH3 is 2. The lowest BCUT2D eigenvalue weighted by atomic mass is 10.1. The minimum atomic E-state index is -0.147. The van der Waals surface area contributed by atoms with Gasteiger partial charge in [0, 0.05) is 12.6 Å². The largest absolute Gasteiger partial charge is 0.497 e. The lowest BCUT2D eigenvalue weighted by Crippen LogP contribution is -2.25. The summed E-state index contributed by atoms with van der Waals surface area (Å²) < 4.78 is 10.3. The summed E-state index contributed by atoms with van der Waals surface area (Å²) in [6.07, 6.45) is 1.78. The molecule has 1 amide bonds. The van der Waals surface area contributed by atoms with Crippen LogP contribution >= 0.6 is 0 Å². The number of benzene rings is 1. The Labute approximate surface area is 107 Å². The van der Waals surface area contributed by atoms with E-state index in [0.29, 0.717) is 30.2 Å². The number of rotatable bonds is 7. The number of carbonyl (C=O) groups excluding carboxylic acids is 1. The summed E-state index contributed by atoms with van der Waals surface area (Å²) in [6, 6.07) is 5.11. The van der Waals surface area contributed by atoms with E-state index in [-0.39, 0.29) is 5.91 Å². The Morgan fingerprint density at radius 1 is 1.28 bits per heavy atom. The van der Waals surface area contributed by atoms with E-state index in [1.807, 2.05) is 0 Å². The van der Waals surface area contributed by atoms with Crippen molar-refractivity contribution in [2.24, 2.45) is 5.73 Å². The van der Waals surface area contributed by atoms with Crippen LogP contribution in [0.4, 0.5) is 0 Å². The highest BCUT2D eigenvalue weighted by Crippen LogP contribution is 2.24. The molecule has 5 heteroatoms. The number of carbonyl (C=O) groups is 1. The third-order valence-corrected chi connectivity index (χ3v) is 2.57. The van der Waals surface area contributed by atoms with Crippen molar-refractivity contribution < 1.29 is 14.3 Å². The van der Waals surface area contributed by atoms with E-state index in [1.54, 1.807) is 25.3 Å². The Kier molecular flexibility index (Phi) is 6.00. The molecule has 0 aromatic heterocycles. The van der Waals surface area contributed by atoms with Gasteiger partial charge >= 0.3 is 0 Å². The molecule has 0 heterocycles. The average Bonchev–Trinajstić information content (AvgIpc) is 2.42. The molecule has 5 nitrogen and oxygen atoms in total. The SMILES string of the molecule is COc1ccc(C(=O)NCCCCN)c(OC)c1. The number of nitrogens with two attached hydrogens (primary N) is 1. The Morgan fingerprint density at radius 2 is 2.06 bits per heavy atom. The number of hydrogen-bond donors (Lipinski definition) is 2. The van der Waals surface area contributed by atoms with Crippen molar-refractivity contribution in [3.8, 4) is 11.5 Å². The van der Waals surface area contributed by atoms with Crippen LogP contribution in [-0.2, 0) is 0 Å². The molecule has 0 fully saturated rings. The molecular weight excluding hydrogens is 232 g/mol. The van der Waals surface area contributed by atoms with Crippen LogP contribution in [0.5, 0.6) is 11.5 Å². The standard InChI is InChI=1S/C13H20N2O3/c1-17-10-5-6-11(12(9-10)18-2)13(16)15-8-4-3-7-14/h5-6,9H,3-4,7-8,14H2,1-2H3,(H,15,16). The lowest BCUT2D eigenvalue weighted by Gasteiger charge is -2.10. The molecule has 0 saturated heterocycles. The first-order valence-electron chi connectivity index (χ1n) is 5.93. The lowest BCUT2D eigenvalue weighted by molar-refractivity contribution is 0.0950. The van der Waals surface area contributed by atoms with Gasteiger partial charge < -0.3 is 20.5 Å². The Bertz CT molecular complexity index is 394. The van der Waals surface area contributed by atoms with Crippen LogP contribution in [0.2, 0.25) is 0 Å². The minimum absolute atomic E-state index is 0.147. The van der Waals surface area contributed by atoms with Crippen LogP contribution in [0.1, 0.15) is 23.2 Å². The van der Waals surface area contributed by atoms with Crippen molar-refractivity contribution in [2.75, 3.05) is 27.3 Å². The molecule has 1 aromatic rings. The van der Waals surface area contributed by atoms with Crippen LogP contribution < -0.4 is 20.5 Å². The minimum Gasteiger partial charge on any atom is -0.497 e. The molecular formula is C13H20N2O3. The summed E-state index contributed by atoms with van der Waals surface area (Å²) in [5, 5.41) is 2.83. The number of nitrogens with one attached hydrogen (secondary N) is 1. The fraction of sp³-hybridized carbons (Fsp3) is 0.462. The predicted molar refractivity (Wildman–Crippen MR) is 70.2 cm³/mol. The fourth-order valence-corrected chi connectivity index (χ4v) is 1.55. The quantitative estimate of drug-likeness (QED) is 0.714. The first kappa shape index (κ1) is 14.3. The number of unbranched alkanes of at least 4 members (excludes halogenated alkanes) is 1. The van der Waals surface area contributed by atoms with Gasteiger partial charge in [-0.2, -0.15) is 0 Å². The van der Waals surface area contributed by atoms with Crippen molar-refractivity contribution in [1.82, 2.24) is 5.32 Å². The topological polar surface area (TPSA) is 73.6 Å². The zero-order valence-corrected chi connectivity index (χ0v) is 10.9. The summed E-state index contributed by atoms with van der Waals surface area (Å²) in [5.74, 6) is 1.02. The highest BCUT2D eigenvalue weighted by molar-refractivity contribution is 5.97. The Morgan fingerprint density at radius 3 is 2.67 bits per heavy atom. The van der Waals surface area contributed by atoms with Crippen molar-refractivity contribution in [1.29, 1.82) is 0 Å². The van der Waals surface area contributed by atoms with Crippen LogP contribution in [0.15, 0.2) is 18.2 Å². The van der Waals surface area contributed by atoms with Gasteiger partial charge in [-0.15, -0.1) is 0 Å². The summed E-state index contributed by atoms with van der Waals surface area (Å²) in [7, 11) is 3.10. The zero-order chi connectivity index (χ0) is 13.4. The second kappa shape index (κ2) is 7.55. The van der Waals surface area contributed by atoms with E-state index < -0.39 is 0 Å². The number of ether oxygens (including phenoxy) is 2. The monoisotopic (exact) mass is 252 g/mol. The summed E-state index contributed by atoms with van der Waals surface area (Å²) >= 11 is 0. The van der Waals surface area contributed by atoms with Crippen molar-refractivity contribution in [3.63, 3.8) is 0 Å². The number of hydrogen-bond acceptors (Lipinski definition) is 4.